The Kier molecular flexibility index (Phi) is 3.47. The molecular weight excluding hydrogens is 272 g/mol. The Morgan fingerprint density at radius 3 is 2.85 bits per heavy atom. The summed E-state index contributed by atoms with van der Waals surface area (Å²) >= 11 is 5.92. The topological polar surface area (TPSA) is 36.1 Å². The lowest BCUT2D eigenvalue weighted by molar-refractivity contribution is -0.130. The van der Waals surface area contributed by atoms with Crippen LogP contribution >= 0.6 is 11.6 Å². The second-order valence-electron chi connectivity index (χ2n) is 5.57. The Morgan fingerprint density at radius 2 is 2.10 bits per heavy atom. The predicted molar refractivity (Wildman–Crippen MR) is 82.3 cm³/mol. The molecule has 1 N–H and O–H groups in total. The molecule has 0 fully saturated rings. The summed E-state index contributed by atoms with van der Waals surface area (Å²) < 4.78 is 0. The number of amides is 1. The molecule has 2 aromatic rings. The maximum Gasteiger partial charge on any atom is 0.240 e. The van der Waals surface area contributed by atoms with Gasteiger partial charge in [-0.25, -0.2) is 0 Å². The molecule has 106 valence electrons. The summed E-state index contributed by atoms with van der Waals surface area (Å²) in [6, 6.07) is 6.50. The largest absolute Gasteiger partial charge is 0.358 e. The first-order valence-corrected chi connectivity index (χ1v) is 7.53. The molecule has 1 unspecified atom stereocenters. The highest BCUT2D eigenvalue weighted by molar-refractivity contribution is 6.30. The van der Waals surface area contributed by atoms with E-state index in [-0.39, 0.29) is 5.91 Å². The number of carbonyl (C=O) groups excluding carboxylic acids is 1. The number of carbonyl (C=O) groups is 1. The highest BCUT2D eigenvalue weighted by Gasteiger charge is 2.23. The zero-order valence-electron chi connectivity index (χ0n) is 11.9. The van der Waals surface area contributed by atoms with Crippen LogP contribution in [-0.2, 0) is 17.6 Å². The zero-order chi connectivity index (χ0) is 14.3. The van der Waals surface area contributed by atoms with Gasteiger partial charge in [0.2, 0.25) is 5.91 Å². The molecule has 1 aromatic carbocycles. The van der Waals surface area contributed by atoms with Crippen molar-refractivity contribution < 1.29 is 4.79 Å². The zero-order valence-corrected chi connectivity index (χ0v) is 12.6. The SMILES string of the molecule is Cc1ccc2[nH]c3c(c2c1)CCN(C(=O)C(C)Cl)CC3. The van der Waals surface area contributed by atoms with Crippen LogP contribution in [0.5, 0.6) is 0 Å². The maximum atomic E-state index is 12.0. The maximum absolute atomic E-state index is 12.0. The Hall–Kier alpha value is -1.48. The van der Waals surface area contributed by atoms with Gasteiger partial charge in [-0.3, -0.25) is 4.79 Å². The molecule has 3 nitrogen and oxygen atoms in total. The van der Waals surface area contributed by atoms with Crippen molar-refractivity contribution in [3.63, 3.8) is 0 Å². The first-order chi connectivity index (χ1) is 9.56. The summed E-state index contributed by atoms with van der Waals surface area (Å²) in [7, 11) is 0. The van der Waals surface area contributed by atoms with Crippen LogP contribution in [0, 0.1) is 6.92 Å². The third-order valence-electron chi connectivity index (χ3n) is 4.07. The van der Waals surface area contributed by atoms with Crippen LogP contribution in [0.15, 0.2) is 18.2 Å². The first-order valence-electron chi connectivity index (χ1n) is 7.09. The smallest absolute Gasteiger partial charge is 0.240 e. The van der Waals surface area contributed by atoms with E-state index in [2.05, 4.69) is 30.1 Å². The molecule has 1 atom stereocenters. The Bertz CT molecular complexity index is 660. The quantitative estimate of drug-likeness (QED) is 0.805. The molecule has 3 rings (SSSR count). The van der Waals surface area contributed by atoms with E-state index in [4.69, 9.17) is 11.6 Å². The number of fused-ring (bicyclic) bond motifs is 3. The minimum atomic E-state index is -0.439. The minimum Gasteiger partial charge on any atom is -0.358 e. The molecule has 1 amide bonds. The van der Waals surface area contributed by atoms with Crippen molar-refractivity contribution in [3.05, 3.63) is 35.0 Å². The highest BCUT2D eigenvalue weighted by atomic mass is 35.5. The van der Waals surface area contributed by atoms with Crippen molar-refractivity contribution in [2.24, 2.45) is 0 Å². The van der Waals surface area contributed by atoms with Crippen molar-refractivity contribution in [1.82, 2.24) is 9.88 Å². The number of alkyl halides is 1. The van der Waals surface area contributed by atoms with Crippen molar-refractivity contribution in [1.29, 1.82) is 0 Å². The molecule has 0 bridgehead atoms. The van der Waals surface area contributed by atoms with Gasteiger partial charge in [0, 0.05) is 36.1 Å². The van der Waals surface area contributed by atoms with Crippen LogP contribution < -0.4 is 0 Å². The number of benzene rings is 1. The third-order valence-corrected chi connectivity index (χ3v) is 4.25. The fraction of sp³-hybridized carbons (Fsp3) is 0.438. The molecule has 0 saturated heterocycles. The van der Waals surface area contributed by atoms with Gasteiger partial charge >= 0.3 is 0 Å². The highest BCUT2D eigenvalue weighted by Crippen LogP contribution is 2.27. The van der Waals surface area contributed by atoms with Crippen LogP contribution in [-0.4, -0.2) is 34.3 Å². The monoisotopic (exact) mass is 290 g/mol. The number of hydrogen-bond donors (Lipinski definition) is 1. The molecule has 0 radical (unpaired) electrons. The molecule has 0 spiro atoms. The number of aryl methyl sites for hydroxylation is 1. The lowest BCUT2D eigenvalue weighted by Crippen LogP contribution is -2.37. The Labute approximate surface area is 123 Å². The number of aromatic nitrogens is 1. The van der Waals surface area contributed by atoms with Gasteiger partial charge in [0.05, 0.1) is 0 Å². The van der Waals surface area contributed by atoms with E-state index in [9.17, 15) is 4.79 Å². The van der Waals surface area contributed by atoms with E-state index < -0.39 is 5.38 Å². The number of hydrogen-bond acceptors (Lipinski definition) is 1. The Morgan fingerprint density at radius 1 is 1.35 bits per heavy atom. The summed E-state index contributed by atoms with van der Waals surface area (Å²) in [6.07, 6.45) is 1.77. The van der Waals surface area contributed by atoms with E-state index >= 15 is 0 Å². The number of H-pyrrole nitrogens is 1. The van der Waals surface area contributed by atoms with Gasteiger partial charge in [-0.2, -0.15) is 0 Å². The number of nitrogens with one attached hydrogen (secondary N) is 1. The predicted octanol–water partition coefficient (Wildman–Crippen LogP) is 3.03. The van der Waals surface area contributed by atoms with Crippen LogP contribution in [0.1, 0.15) is 23.7 Å². The number of nitrogens with zero attached hydrogens (tertiary/aromatic N) is 1. The lowest BCUT2D eigenvalue weighted by atomic mass is 10.1. The number of rotatable bonds is 1. The van der Waals surface area contributed by atoms with Gasteiger partial charge in [0.15, 0.2) is 0 Å². The molecule has 2 heterocycles. The van der Waals surface area contributed by atoms with Crippen LogP contribution in [0.4, 0.5) is 0 Å². The summed E-state index contributed by atoms with van der Waals surface area (Å²) in [5.74, 6) is 0.0392. The van der Waals surface area contributed by atoms with E-state index in [1.54, 1.807) is 6.92 Å². The van der Waals surface area contributed by atoms with Gasteiger partial charge < -0.3 is 9.88 Å². The van der Waals surface area contributed by atoms with Crippen LogP contribution in [0.2, 0.25) is 0 Å². The van der Waals surface area contributed by atoms with Gasteiger partial charge in [0.1, 0.15) is 5.38 Å². The second-order valence-corrected chi connectivity index (χ2v) is 6.23. The van der Waals surface area contributed by atoms with Crippen molar-refractivity contribution in [2.45, 2.75) is 32.1 Å². The van der Waals surface area contributed by atoms with Gasteiger partial charge in [-0.05, 0) is 38.0 Å². The van der Waals surface area contributed by atoms with E-state index in [0.717, 1.165) is 25.9 Å². The van der Waals surface area contributed by atoms with E-state index in [0.29, 0.717) is 0 Å². The van der Waals surface area contributed by atoms with Gasteiger partial charge in [-0.1, -0.05) is 11.6 Å². The normalized spacial score (nSPS) is 16.9. The first kappa shape index (κ1) is 13.5. The summed E-state index contributed by atoms with van der Waals surface area (Å²) in [5.41, 5.74) is 5.10. The molecule has 1 aliphatic heterocycles. The number of halogens is 1. The summed E-state index contributed by atoms with van der Waals surface area (Å²) in [5, 5.41) is 0.860. The molecule has 0 saturated carbocycles. The van der Waals surface area contributed by atoms with E-state index in [1.807, 2.05) is 4.90 Å². The molecule has 1 aliphatic rings. The Balaban J connectivity index is 1.92. The van der Waals surface area contributed by atoms with Crippen LogP contribution in [0.3, 0.4) is 0 Å². The van der Waals surface area contributed by atoms with Crippen LogP contribution in [0.25, 0.3) is 10.9 Å². The number of aromatic amines is 1. The lowest BCUT2D eigenvalue weighted by Gasteiger charge is -2.21. The second kappa shape index (κ2) is 5.13. The summed E-state index contributed by atoms with van der Waals surface area (Å²) in [4.78, 5) is 17.4. The fourth-order valence-corrected chi connectivity index (χ4v) is 3.13. The van der Waals surface area contributed by atoms with Gasteiger partial charge in [0.25, 0.3) is 0 Å². The molecule has 20 heavy (non-hydrogen) atoms. The summed E-state index contributed by atoms with van der Waals surface area (Å²) in [6.45, 7) is 5.35. The van der Waals surface area contributed by atoms with Crippen molar-refractivity contribution >= 4 is 28.4 Å². The average Bonchev–Trinajstić information content (AvgIpc) is 2.62. The van der Waals surface area contributed by atoms with Crippen molar-refractivity contribution in [3.8, 4) is 0 Å². The molecular formula is C16H19ClN2O. The molecule has 4 heteroatoms. The van der Waals surface area contributed by atoms with Gasteiger partial charge in [-0.15, -0.1) is 11.6 Å². The fourth-order valence-electron chi connectivity index (χ4n) is 2.99. The third kappa shape index (κ3) is 2.31. The molecule has 1 aromatic heterocycles. The average molecular weight is 291 g/mol. The molecule has 0 aliphatic carbocycles. The standard InChI is InChI=1S/C16H19ClN2O/c1-10-3-4-14-13(9-10)12-5-7-19(16(20)11(2)17)8-6-15(12)18-14/h3-4,9,11,18H,5-8H2,1-2H3. The van der Waals surface area contributed by atoms with Crippen molar-refractivity contribution in [2.75, 3.05) is 13.1 Å². The van der Waals surface area contributed by atoms with E-state index in [1.165, 1.54) is 27.7 Å². The minimum absolute atomic E-state index is 0.0392.